The van der Waals surface area contributed by atoms with Gasteiger partial charge in [-0.25, -0.2) is 0 Å². The molecule has 1 aliphatic carbocycles. The van der Waals surface area contributed by atoms with E-state index in [4.69, 9.17) is 4.74 Å². The quantitative estimate of drug-likeness (QED) is 0.506. The number of ether oxygens (including phenoxy) is 1. The van der Waals surface area contributed by atoms with Crippen molar-refractivity contribution in [2.75, 3.05) is 26.3 Å². The maximum atomic E-state index is 5.45. The molecule has 2 atom stereocenters. The van der Waals surface area contributed by atoms with Gasteiger partial charge in [-0.3, -0.25) is 0 Å². The van der Waals surface area contributed by atoms with Crippen molar-refractivity contribution >= 4 is 0 Å². The van der Waals surface area contributed by atoms with Crippen molar-refractivity contribution in [3.8, 4) is 0 Å². The molecule has 0 saturated heterocycles. The van der Waals surface area contributed by atoms with Crippen molar-refractivity contribution in [1.29, 1.82) is 0 Å². The first-order valence-electron chi connectivity index (χ1n) is 6.72. The summed E-state index contributed by atoms with van der Waals surface area (Å²) in [6.07, 6.45) is 8.53. The minimum Gasteiger partial charge on any atom is -0.380 e. The minimum atomic E-state index is 0.811. The van der Waals surface area contributed by atoms with Crippen LogP contribution in [0, 0.1) is 11.8 Å². The van der Waals surface area contributed by atoms with Gasteiger partial charge >= 0.3 is 0 Å². The van der Waals surface area contributed by atoms with Gasteiger partial charge in [0.15, 0.2) is 0 Å². The van der Waals surface area contributed by atoms with Gasteiger partial charge in [-0.1, -0.05) is 25.8 Å². The second-order valence-corrected chi connectivity index (χ2v) is 5.03. The van der Waals surface area contributed by atoms with E-state index in [1.165, 1.54) is 32.2 Å². The van der Waals surface area contributed by atoms with E-state index >= 15 is 0 Å². The molecule has 1 fully saturated rings. The van der Waals surface area contributed by atoms with Gasteiger partial charge < -0.3 is 10.1 Å². The molecule has 0 amide bonds. The fourth-order valence-corrected chi connectivity index (χ4v) is 2.46. The van der Waals surface area contributed by atoms with Gasteiger partial charge in [0, 0.05) is 6.54 Å². The van der Waals surface area contributed by atoms with Crippen molar-refractivity contribution in [2.45, 2.75) is 39.0 Å². The summed E-state index contributed by atoms with van der Waals surface area (Å²) in [6.45, 7) is 9.85. The molecule has 0 aromatic heterocycles. The fraction of sp³-hybridized carbons (Fsp3) is 0.857. The second kappa shape index (κ2) is 8.77. The van der Waals surface area contributed by atoms with Crippen molar-refractivity contribution in [3.63, 3.8) is 0 Å². The average Bonchev–Trinajstić information content (AvgIpc) is 2.28. The van der Waals surface area contributed by atoms with E-state index in [1.54, 1.807) is 0 Å². The lowest BCUT2D eigenvalue weighted by atomic mass is 9.82. The summed E-state index contributed by atoms with van der Waals surface area (Å²) in [5, 5.41) is 3.50. The van der Waals surface area contributed by atoms with Crippen LogP contribution in [-0.4, -0.2) is 26.3 Å². The molecule has 1 N–H and O–H groups in total. The van der Waals surface area contributed by atoms with E-state index in [2.05, 4.69) is 18.8 Å². The van der Waals surface area contributed by atoms with Gasteiger partial charge in [0.05, 0.1) is 13.2 Å². The highest BCUT2D eigenvalue weighted by Crippen LogP contribution is 2.27. The monoisotopic (exact) mass is 225 g/mol. The maximum absolute atomic E-state index is 5.45. The topological polar surface area (TPSA) is 21.3 Å². The average molecular weight is 225 g/mol. The first kappa shape index (κ1) is 13.7. The van der Waals surface area contributed by atoms with Crippen LogP contribution in [0.25, 0.3) is 0 Å². The first-order valence-corrected chi connectivity index (χ1v) is 6.72. The van der Waals surface area contributed by atoms with Gasteiger partial charge in [0.25, 0.3) is 0 Å². The van der Waals surface area contributed by atoms with Crippen LogP contribution in [0.1, 0.15) is 39.0 Å². The zero-order valence-corrected chi connectivity index (χ0v) is 10.7. The molecular formula is C14H27NO. The lowest BCUT2D eigenvalue weighted by molar-refractivity contribution is 0.138. The van der Waals surface area contributed by atoms with Crippen LogP contribution < -0.4 is 5.32 Å². The molecule has 1 aliphatic rings. The summed E-state index contributed by atoms with van der Waals surface area (Å²) in [4.78, 5) is 0. The Kier molecular flexibility index (Phi) is 7.52. The molecule has 0 aliphatic heterocycles. The van der Waals surface area contributed by atoms with E-state index in [-0.39, 0.29) is 0 Å². The summed E-state index contributed by atoms with van der Waals surface area (Å²) >= 11 is 0. The van der Waals surface area contributed by atoms with E-state index in [0.29, 0.717) is 0 Å². The highest BCUT2D eigenvalue weighted by molar-refractivity contribution is 4.72. The third-order valence-electron chi connectivity index (χ3n) is 3.37. The van der Waals surface area contributed by atoms with Crippen LogP contribution in [0.4, 0.5) is 0 Å². The molecule has 2 nitrogen and oxygen atoms in total. The van der Waals surface area contributed by atoms with E-state index in [9.17, 15) is 0 Å². The SMILES string of the molecule is C=CCCOCCNCC1CCCC(C)C1. The van der Waals surface area contributed by atoms with Crippen LogP contribution in [-0.2, 0) is 4.74 Å². The highest BCUT2D eigenvalue weighted by atomic mass is 16.5. The Morgan fingerprint density at radius 1 is 1.38 bits per heavy atom. The van der Waals surface area contributed by atoms with Gasteiger partial charge in [-0.2, -0.15) is 0 Å². The zero-order valence-electron chi connectivity index (χ0n) is 10.7. The third kappa shape index (κ3) is 6.29. The summed E-state index contributed by atoms with van der Waals surface area (Å²) in [7, 11) is 0. The summed E-state index contributed by atoms with van der Waals surface area (Å²) in [5.41, 5.74) is 0. The van der Waals surface area contributed by atoms with Gasteiger partial charge in [-0.15, -0.1) is 6.58 Å². The van der Waals surface area contributed by atoms with Crippen LogP contribution >= 0.6 is 0 Å². The summed E-state index contributed by atoms with van der Waals surface area (Å²) in [6, 6.07) is 0. The highest BCUT2D eigenvalue weighted by Gasteiger charge is 2.17. The molecule has 0 aromatic carbocycles. The molecule has 0 bridgehead atoms. The lowest BCUT2D eigenvalue weighted by Crippen LogP contribution is -2.29. The molecule has 1 saturated carbocycles. The number of hydrogen-bond donors (Lipinski definition) is 1. The van der Waals surface area contributed by atoms with Crippen molar-refractivity contribution < 1.29 is 4.74 Å². The molecule has 0 spiro atoms. The molecule has 1 rings (SSSR count). The summed E-state index contributed by atoms with van der Waals surface area (Å²) < 4.78 is 5.45. The van der Waals surface area contributed by atoms with Gasteiger partial charge in [0.2, 0.25) is 0 Å². The third-order valence-corrected chi connectivity index (χ3v) is 3.37. The number of nitrogens with one attached hydrogen (secondary N) is 1. The Morgan fingerprint density at radius 3 is 3.00 bits per heavy atom. The maximum Gasteiger partial charge on any atom is 0.0591 e. The van der Waals surface area contributed by atoms with E-state index in [0.717, 1.165) is 38.0 Å². The molecule has 2 unspecified atom stereocenters. The Hall–Kier alpha value is -0.340. The van der Waals surface area contributed by atoms with Crippen molar-refractivity contribution in [1.82, 2.24) is 5.32 Å². The molecule has 2 heteroatoms. The number of rotatable bonds is 8. The normalized spacial score (nSPS) is 25.6. The molecule has 0 aromatic rings. The largest absolute Gasteiger partial charge is 0.380 e. The minimum absolute atomic E-state index is 0.811. The Bertz CT molecular complexity index is 182. The Labute approximate surface area is 100 Å². The van der Waals surface area contributed by atoms with Crippen LogP contribution in [0.2, 0.25) is 0 Å². The molecular weight excluding hydrogens is 198 g/mol. The fourth-order valence-electron chi connectivity index (χ4n) is 2.46. The van der Waals surface area contributed by atoms with Crippen LogP contribution in [0.3, 0.4) is 0 Å². The molecule has 0 radical (unpaired) electrons. The zero-order chi connectivity index (χ0) is 11.6. The second-order valence-electron chi connectivity index (χ2n) is 5.03. The molecule has 16 heavy (non-hydrogen) atoms. The Morgan fingerprint density at radius 2 is 2.25 bits per heavy atom. The van der Waals surface area contributed by atoms with Crippen LogP contribution in [0.5, 0.6) is 0 Å². The first-order chi connectivity index (χ1) is 7.83. The summed E-state index contributed by atoms with van der Waals surface area (Å²) in [5.74, 6) is 1.83. The predicted molar refractivity (Wildman–Crippen MR) is 69.6 cm³/mol. The van der Waals surface area contributed by atoms with E-state index in [1.807, 2.05) is 6.08 Å². The molecule has 94 valence electrons. The smallest absolute Gasteiger partial charge is 0.0591 e. The van der Waals surface area contributed by atoms with Gasteiger partial charge in [0.1, 0.15) is 0 Å². The number of hydrogen-bond acceptors (Lipinski definition) is 2. The van der Waals surface area contributed by atoms with Crippen molar-refractivity contribution in [2.24, 2.45) is 11.8 Å². The molecule has 0 heterocycles. The predicted octanol–water partition coefficient (Wildman–Crippen LogP) is 3.00. The van der Waals surface area contributed by atoms with Crippen molar-refractivity contribution in [3.05, 3.63) is 12.7 Å². The standard InChI is InChI=1S/C14H27NO/c1-3-4-9-16-10-8-15-12-14-7-5-6-13(2)11-14/h3,13-15H,1,4-12H2,2H3. The lowest BCUT2D eigenvalue weighted by Gasteiger charge is -2.26. The van der Waals surface area contributed by atoms with E-state index < -0.39 is 0 Å². The van der Waals surface area contributed by atoms with Gasteiger partial charge in [-0.05, 0) is 37.6 Å². The van der Waals surface area contributed by atoms with Crippen LogP contribution in [0.15, 0.2) is 12.7 Å². The Balaban J connectivity index is 1.88.